The monoisotopic (exact) mass is 356 g/mol. The van der Waals surface area contributed by atoms with E-state index in [1.54, 1.807) is 11.3 Å². The first-order valence-electron chi connectivity index (χ1n) is 8.10. The summed E-state index contributed by atoms with van der Waals surface area (Å²) in [5, 5.41) is 4.03. The largest absolute Gasteiger partial charge is 0.356 e. The van der Waals surface area contributed by atoms with Gasteiger partial charge < -0.3 is 5.32 Å². The van der Waals surface area contributed by atoms with Gasteiger partial charge in [-0.3, -0.25) is 4.79 Å². The lowest BCUT2D eigenvalue weighted by Gasteiger charge is -2.04. The van der Waals surface area contributed by atoms with E-state index in [4.69, 9.17) is 0 Å². The Morgan fingerprint density at radius 1 is 1.08 bits per heavy atom. The zero-order valence-corrected chi connectivity index (χ0v) is 15.0. The fraction of sp³-hybridized carbons (Fsp3) is 0.263. The Morgan fingerprint density at radius 3 is 2.71 bits per heavy atom. The maximum absolute atomic E-state index is 11.9. The molecule has 0 aliphatic rings. The summed E-state index contributed by atoms with van der Waals surface area (Å²) < 4.78 is 1.19. The number of amides is 1. The van der Waals surface area contributed by atoms with E-state index in [-0.39, 0.29) is 5.91 Å². The van der Waals surface area contributed by atoms with Crippen LogP contribution in [0.4, 0.5) is 0 Å². The standard InChI is InChI=1S/C19H20N2OS2/c22-18(20-13-6-14-23-15-7-2-1-3-8-15)11-12-19-21-16-9-4-5-10-17(16)24-19/h1-5,7-10H,6,11-14H2,(H,20,22). The van der Waals surface area contributed by atoms with Crippen LogP contribution in [0.15, 0.2) is 59.5 Å². The Hall–Kier alpha value is -1.85. The Kier molecular flexibility index (Phi) is 6.26. The molecule has 0 spiro atoms. The zero-order chi connectivity index (χ0) is 16.6. The van der Waals surface area contributed by atoms with Crippen LogP contribution in [0, 0.1) is 0 Å². The first-order chi connectivity index (χ1) is 11.8. The second-order valence-corrected chi connectivity index (χ2v) is 7.72. The van der Waals surface area contributed by atoms with Crippen molar-refractivity contribution in [3.05, 3.63) is 59.6 Å². The highest BCUT2D eigenvalue weighted by molar-refractivity contribution is 7.99. The number of aromatic nitrogens is 1. The summed E-state index contributed by atoms with van der Waals surface area (Å²) >= 11 is 3.50. The summed E-state index contributed by atoms with van der Waals surface area (Å²) in [5.74, 6) is 1.13. The number of carbonyl (C=O) groups excluding carboxylic acids is 1. The van der Waals surface area contributed by atoms with Crippen molar-refractivity contribution in [1.82, 2.24) is 10.3 Å². The number of hydrogen-bond donors (Lipinski definition) is 1. The number of hydrogen-bond acceptors (Lipinski definition) is 4. The molecule has 0 bridgehead atoms. The molecule has 1 N–H and O–H groups in total. The van der Waals surface area contributed by atoms with Crippen LogP contribution in [-0.2, 0) is 11.2 Å². The second kappa shape index (κ2) is 8.85. The third-order valence-corrected chi connectivity index (χ3v) is 5.75. The lowest BCUT2D eigenvalue weighted by Crippen LogP contribution is -2.24. The minimum absolute atomic E-state index is 0.110. The summed E-state index contributed by atoms with van der Waals surface area (Å²) in [5.41, 5.74) is 1.02. The average Bonchev–Trinajstić information content (AvgIpc) is 3.03. The quantitative estimate of drug-likeness (QED) is 0.476. The van der Waals surface area contributed by atoms with E-state index in [0.717, 1.165) is 29.2 Å². The molecule has 0 atom stereocenters. The minimum atomic E-state index is 0.110. The number of para-hydroxylation sites is 1. The molecule has 3 aromatic rings. The molecule has 0 aliphatic heterocycles. The summed E-state index contributed by atoms with van der Waals surface area (Å²) in [6.07, 6.45) is 2.20. The Morgan fingerprint density at radius 2 is 1.88 bits per heavy atom. The maximum Gasteiger partial charge on any atom is 0.220 e. The lowest BCUT2D eigenvalue weighted by atomic mass is 10.3. The van der Waals surface area contributed by atoms with Crippen molar-refractivity contribution in [1.29, 1.82) is 0 Å². The van der Waals surface area contributed by atoms with E-state index in [0.29, 0.717) is 12.8 Å². The highest BCUT2D eigenvalue weighted by Gasteiger charge is 2.06. The van der Waals surface area contributed by atoms with Crippen LogP contribution in [0.2, 0.25) is 0 Å². The second-order valence-electron chi connectivity index (χ2n) is 5.44. The van der Waals surface area contributed by atoms with Crippen LogP contribution in [0.1, 0.15) is 17.8 Å². The van der Waals surface area contributed by atoms with Gasteiger partial charge >= 0.3 is 0 Å². The molecule has 0 saturated carbocycles. The van der Waals surface area contributed by atoms with E-state index in [9.17, 15) is 4.79 Å². The highest BCUT2D eigenvalue weighted by Crippen LogP contribution is 2.22. The van der Waals surface area contributed by atoms with E-state index in [2.05, 4.69) is 28.5 Å². The van der Waals surface area contributed by atoms with Gasteiger partial charge in [-0.05, 0) is 36.4 Å². The highest BCUT2D eigenvalue weighted by atomic mass is 32.2. The fourth-order valence-corrected chi connectivity index (χ4v) is 4.18. The predicted molar refractivity (Wildman–Crippen MR) is 103 cm³/mol. The van der Waals surface area contributed by atoms with Crippen molar-refractivity contribution < 1.29 is 4.79 Å². The van der Waals surface area contributed by atoms with Gasteiger partial charge in [0.15, 0.2) is 0 Å². The molecule has 3 rings (SSSR count). The number of carbonyl (C=O) groups is 1. The van der Waals surface area contributed by atoms with Gasteiger partial charge in [0, 0.05) is 24.3 Å². The molecule has 5 heteroatoms. The normalized spacial score (nSPS) is 10.8. The summed E-state index contributed by atoms with van der Waals surface area (Å²) in [6, 6.07) is 18.4. The minimum Gasteiger partial charge on any atom is -0.356 e. The van der Waals surface area contributed by atoms with Gasteiger partial charge in [0.1, 0.15) is 0 Å². The van der Waals surface area contributed by atoms with Gasteiger partial charge in [-0.1, -0.05) is 30.3 Å². The molecule has 2 aromatic carbocycles. The predicted octanol–water partition coefficient (Wildman–Crippen LogP) is 4.53. The Balaban J connectivity index is 1.32. The summed E-state index contributed by atoms with van der Waals surface area (Å²) in [7, 11) is 0. The number of nitrogens with one attached hydrogen (secondary N) is 1. The van der Waals surface area contributed by atoms with Gasteiger partial charge in [0.05, 0.1) is 15.2 Å². The number of benzene rings is 2. The lowest BCUT2D eigenvalue weighted by molar-refractivity contribution is -0.121. The molecule has 0 aliphatic carbocycles. The van der Waals surface area contributed by atoms with E-state index in [1.807, 2.05) is 48.2 Å². The zero-order valence-electron chi connectivity index (χ0n) is 13.4. The Labute approximate surface area is 150 Å². The molecule has 0 saturated heterocycles. The maximum atomic E-state index is 11.9. The number of thioether (sulfide) groups is 1. The molecular weight excluding hydrogens is 336 g/mol. The molecule has 24 heavy (non-hydrogen) atoms. The molecular formula is C19H20N2OS2. The average molecular weight is 357 g/mol. The molecule has 124 valence electrons. The van der Waals surface area contributed by atoms with Crippen LogP contribution < -0.4 is 5.32 Å². The van der Waals surface area contributed by atoms with Crippen LogP contribution in [0.3, 0.4) is 0 Å². The molecule has 1 aromatic heterocycles. The summed E-state index contributed by atoms with van der Waals surface area (Å²) in [4.78, 5) is 17.8. The SMILES string of the molecule is O=C(CCc1nc2ccccc2s1)NCCCSc1ccccc1. The molecule has 1 amide bonds. The fourth-order valence-electron chi connectivity index (χ4n) is 2.34. The number of thiazole rings is 1. The van der Waals surface area contributed by atoms with Crippen molar-refractivity contribution in [2.45, 2.75) is 24.2 Å². The van der Waals surface area contributed by atoms with E-state index in [1.165, 1.54) is 9.60 Å². The van der Waals surface area contributed by atoms with E-state index >= 15 is 0 Å². The number of rotatable bonds is 8. The third-order valence-electron chi connectivity index (χ3n) is 3.56. The van der Waals surface area contributed by atoms with Crippen molar-refractivity contribution in [3.63, 3.8) is 0 Å². The molecule has 0 unspecified atom stereocenters. The molecule has 1 heterocycles. The van der Waals surface area contributed by atoms with Gasteiger partial charge in [-0.2, -0.15) is 0 Å². The van der Waals surface area contributed by atoms with Gasteiger partial charge in [-0.15, -0.1) is 23.1 Å². The Bertz CT molecular complexity index is 753. The van der Waals surface area contributed by atoms with Crippen molar-refractivity contribution in [2.24, 2.45) is 0 Å². The topological polar surface area (TPSA) is 42.0 Å². The van der Waals surface area contributed by atoms with E-state index < -0.39 is 0 Å². The summed E-state index contributed by atoms with van der Waals surface area (Å²) in [6.45, 7) is 0.735. The molecule has 0 fully saturated rings. The number of fused-ring (bicyclic) bond motifs is 1. The van der Waals surface area contributed by atoms with Crippen molar-refractivity contribution >= 4 is 39.2 Å². The molecule has 3 nitrogen and oxygen atoms in total. The van der Waals surface area contributed by atoms with Gasteiger partial charge in [0.2, 0.25) is 5.91 Å². The van der Waals surface area contributed by atoms with Crippen LogP contribution in [0.5, 0.6) is 0 Å². The smallest absolute Gasteiger partial charge is 0.220 e. The van der Waals surface area contributed by atoms with Crippen LogP contribution in [0.25, 0.3) is 10.2 Å². The van der Waals surface area contributed by atoms with Crippen molar-refractivity contribution in [3.8, 4) is 0 Å². The van der Waals surface area contributed by atoms with Crippen LogP contribution >= 0.6 is 23.1 Å². The van der Waals surface area contributed by atoms with Crippen LogP contribution in [-0.4, -0.2) is 23.2 Å². The van der Waals surface area contributed by atoms with Gasteiger partial charge in [0.25, 0.3) is 0 Å². The number of nitrogens with zero attached hydrogens (tertiary/aromatic N) is 1. The first-order valence-corrected chi connectivity index (χ1v) is 9.90. The van der Waals surface area contributed by atoms with Gasteiger partial charge in [-0.25, -0.2) is 4.98 Å². The number of aryl methyl sites for hydroxylation is 1. The third kappa shape index (κ3) is 5.08. The first kappa shape index (κ1) is 17.0. The molecule has 0 radical (unpaired) electrons. The van der Waals surface area contributed by atoms with Crippen molar-refractivity contribution in [2.75, 3.05) is 12.3 Å².